The number of nitrogens with zero attached hydrogens (tertiary/aromatic N) is 1. The van der Waals surface area contributed by atoms with Crippen LogP contribution in [-0.4, -0.2) is 46.8 Å². The van der Waals surface area contributed by atoms with Gasteiger partial charge in [-0.25, -0.2) is 0 Å². The van der Waals surface area contributed by atoms with Gasteiger partial charge in [0.15, 0.2) is 0 Å². The predicted molar refractivity (Wildman–Crippen MR) is 60.4 cm³/mol. The van der Waals surface area contributed by atoms with Crippen molar-refractivity contribution in [1.29, 1.82) is 0 Å². The number of aliphatic carboxylic acids is 1. The Hall–Kier alpha value is -1.92. The molecule has 0 saturated carbocycles. The Morgan fingerprint density at radius 3 is 2.39 bits per heavy atom. The molecule has 7 nitrogen and oxygen atoms in total. The Kier molecular flexibility index (Phi) is 4.82. The second-order valence-electron chi connectivity index (χ2n) is 4.23. The molecule has 0 aromatic carbocycles. The molecule has 0 spiro atoms. The monoisotopic (exact) mass is 256 g/mol. The van der Waals surface area contributed by atoms with Gasteiger partial charge in [-0.2, -0.15) is 0 Å². The largest absolute Gasteiger partial charge is 0.481 e. The first kappa shape index (κ1) is 14.1. The molecule has 1 fully saturated rings. The summed E-state index contributed by atoms with van der Waals surface area (Å²) < 4.78 is 0. The highest BCUT2D eigenvalue weighted by Gasteiger charge is 2.28. The third-order valence-corrected chi connectivity index (χ3v) is 2.74. The van der Waals surface area contributed by atoms with E-state index in [9.17, 15) is 19.2 Å². The van der Waals surface area contributed by atoms with E-state index in [1.54, 1.807) is 0 Å². The van der Waals surface area contributed by atoms with Crippen molar-refractivity contribution in [1.82, 2.24) is 10.2 Å². The highest BCUT2D eigenvalue weighted by atomic mass is 16.4. The predicted octanol–water partition coefficient (Wildman–Crippen LogP) is -0.638. The highest BCUT2D eigenvalue weighted by Crippen LogP contribution is 2.11. The van der Waals surface area contributed by atoms with Crippen LogP contribution in [-0.2, 0) is 19.2 Å². The molecule has 0 aromatic heterocycles. The topological polar surface area (TPSA) is 104 Å². The van der Waals surface area contributed by atoms with E-state index in [1.807, 2.05) is 0 Å². The number of nitrogens with one attached hydrogen (secondary N) is 1. The fraction of sp³-hybridized carbons (Fsp3) is 0.636. The Morgan fingerprint density at radius 2 is 1.89 bits per heavy atom. The number of amides is 3. The van der Waals surface area contributed by atoms with Crippen LogP contribution in [0.15, 0.2) is 0 Å². The van der Waals surface area contributed by atoms with Crippen molar-refractivity contribution in [3.05, 3.63) is 0 Å². The van der Waals surface area contributed by atoms with Gasteiger partial charge < -0.3 is 10.4 Å². The fourth-order valence-electron chi connectivity index (χ4n) is 1.53. The number of carbonyl (C=O) groups is 4. The van der Waals surface area contributed by atoms with E-state index in [0.717, 1.165) is 4.90 Å². The van der Waals surface area contributed by atoms with Crippen molar-refractivity contribution in [2.24, 2.45) is 5.92 Å². The summed E-state index contributed by atoms with van der Waals surface area (Å²) in [6.07, 6.45) is 0.414. The van der Waals surface area contributed by atoms with E-state index in [-0.39, 0.29) is 50.1 Å². The number of likely N-dealkylation sites (tertiary alicyclic amines) is 1. The van der Waals surface area contributed by atoms with Gasteiger partial charge in [-0.1, -0.05) is 6.92 Å². The molecule has 7 heteroatoms. The molecule has 0 bridgehead atoms. The Morgan fingerprint density at radius 1 is 1.33 bits per heavy atom. The van der Waals surface area contributed by atoms with E-state index in [2.05, 4.69) is 5.32 Å². The fourth-order valence-corrected chi connectivity index (χ4v) is 1.53. The van der Waals surface area contributed by atoms with Crippen LogP contribution in [0.3, 0.4) is 0 Å². The van der Waals surface area contributed by atoms with Crippen molar-refractivity contribution in [2.75, 3.05) is 13.1 Å². The molecule has 1 saturated heterocycles. The molecule has 100 valence electrons. The summed E-state index contributed by atoms with van der Waals surface area (Å²) in [5.74, 6) is -2.53. The van der Waals surface area contributed by atoms with Gasteiger partial charge in [-0.05, 0) is 0 Å². The third-order valence-electron chi connectivity index (χ3n) is 2.74. The van der Waals surface area contributed by atoms with Crippen LogP contribution in [0.1, 0.15) is 26.2 Å². The Balaban J connectivity index is 2.27. The van der Waals surface area contributed by atoms with E-state index in [4.69, 9.17) is 5.11 Å². The van der Waals surface area contributed by atoms with Gasteiger partial charge in [-0.15, -0.1) is 0 Å². The maximum atomic E-state index is 11.4. The molecule has 1 heterocycles. The minimum atomic E-state index is -0.986. The van der Waals surface area contributed by atoms with Gasteiger partial charge in [0.2, 0.25) is 17.7 Å². The second kappa shape index (κ2) is 6.13. The van der Waals surface area contributed by atoms with E-state index < -0.39 is 11.9 Å². The molecule has 0 aromatic rings. The molecule has 1 aliphatic heterocycles. The number of carboxylic acid groups (broad SMARTS) is 1. The average Bonchev–Trinajstić information content (AvgIpc) is 2.63. The maximum Gasteiger partial charge on any atom is 0.308 e. The lowest BCUT2D eigenvalue weighted by atomic mass is 10.2. The van der Waals surface area contributed by atoms with Crippen LogP contribution in [0.25, 0.3) is 0 Å². The summed E-state index contributed by atoms with van der Waals surface area (Å²) in [7, 11) is 0. The van der Waals surface area contributed by atoms with Crippen molar-refractivity contribution in [2.45, 2.75) is 26.2 Å². The third kappa shape index (κ3) is 3.83. The average molecular weight is 256 g/mol. The van der Waals surface area contributed by atoms with E-state index >= 15 is 0 Å². The number of carboxylic acids is 1. The highest BCUT2D eigenvalue weighted by molar-refractivity contribution is 6.02. The van der Waals surface area contributed by atoms with Gasteiger partial charge in [0, 0.05) is 32.4 Å². The zero-order valence-electron chi connectivity index (χ0n) is 10.1. The van der Waals surface area contributed by atoms with Gasteiger partial charge in [0.25, 0.3) is 0 Å². The van der Waals surface area contributed by atoms with Gasteiger partial charge in [-0.3, -0.25) is 24.1 Å². The molecule has 1 atom stereocenters. The maximum absolute atomic E-state index is 11.4. The first-order chi connectivity index (χ1) is 8.41. The summed E-state index contributed by atoms with van der Waals surface area (Å²) in [5, 5.41) is 11.1. The molecule has 1 unspecified atom stereocenters. The zero-order valence-corrected chi connectivity index (χ0v) is 10.1. The minimum Gasteiger partial charge on any atom is -0.481 e. The molecule has 3 amide bonds. The first-order valence-corrected chi connectivity index (χ1v) is 5.74. The molecule has 1 rings (SSSR count). The molecule has 1 aliphatic rings. The van der Waals surface area contributed by atoms with Gasteiger partial charge >= 0.3 is 5.97 Å². The van der Waals surface area contributed by atoms with E-state index in [1.165, 1.54) is 6.92 Å². The van der Waals surface area contributed by atoms with E-state index in [0.29, 0.717) is 0 Å². The molecular formula is C11H16N2O5. The van der Waals surface area contributed by atoms with Gasteiger partial charge in [0.1, 0.15) is 0 Å². The lowest BCUT2D eigenvalue weighted by Gasteiger charge is -2.13. The summed E-state index contributed by atoms with van der Waals surface area (Å²) in [5.41, 5.74) is 0. The van der Waals surface area contributed by atoms with Crippen LogP contribution in [0.5, 0.6) is 0 Å². The lowest BCUT2D eigenvalue weighted by molar-refractivity contribution is -0.141. The number of hydrogen-bond acceptors (Lipinski definition) is 4. The number of imide groups is 1. The summed E-state index contributed by atoms with van der Waals surface area (Å²) in [4.78, 5) is 45.5. The molecule has 2 N–H and O–H groups in total. The van der Waals surface area contributed by atoms with Crippen LogP contribution in [0.4, 0.5) is 0 Å². The number of rotatable bonds is 6. The summed E-state index contributed by atoms with van der Waals surface area (Å²) in [6.45, 7) is 1.58. The van der Waals surface area contributed by atoms with Gasteiger partial charge in [0.05, 0.1) is 5.92 Å². The minimum absolute atomic E-state index is 0.00379. The molecular weight excluding hydrogens is 240 g/mol. The Bertz CT molecular complexity index is 364. The van der Waals surface area contributed by atoms with Crippen LogP contribution in [0.2, 0.25) is 0 Å². The molecule has 18 heavy (non-hydrogen) atoms. The second-order valence-corrected chi connectivity index (χ2v) is 4.23. The summed E-state index contributed by atoms with van der Waals surface area (Å²) >= 11 is 0. The quantitative estimate of drug-likeness (QED) is 0.615. The van der Waals surface area contributed by atoms with Crippen LogP contribution in [0, 0.1) is 5.92 Å². The smallest absolute Gasteiger partial charge is 0.308 e. The number of carbonyl (C=O) groups excluding carboxylic acids is 3. The van der Waals surface area contributed by atoms with Crippen molar-refractivity contribution in [3.63, 3.8) is 0 Å². The first-order valence-electron chi connectivity index (χ1n) is 5.74. The van der Waals surface area contributed by atoms with Crippen molar-refractivity contribution in [3.8, 4) is 0 Å². The lowest BCUT2D eigenvalue weighted by Crippen LogP contribution is -2.36. The van der Waals surface area contributed by atoms with Crippen molar-refractivity contribution < 1.29 is 24.3 Å². The van der Waals surface area contributed by atoms with Crippen molar-refractivity contribution >= 4 is 23.7 Å². The molecule has 0 aliphatic carbocycles. The standard InChI is InChI=1S/C11H16N2O5/c1-7(11(17)18)6-12-8(14)4-5-13-9(15)2-3-10(13)16/h7H,2-6H2,1H3,(H,12,14)(H,17,18). The SMILES string of the molecule is CC(CNC(=O)CCN1C(=O)CCC1=O)C(=O)O. The number of hydrogen-bond donors (Lipinski definition) is 2. The van der Waals surface area contributed by atoms with Crippen LogP contribution >= 0.6 is 0 Å². The van der Waals surface area contributed by atoms with Crippen LogP contribution < -0.4 is 5.32 Å². The summed E-state index contributed by atoms with van der Waals surface area (Å²) in [6, 6.07) is 0. The normalized spacial score (nSPS) is 16.8. The zero-order chi connectivity index (χ0) is 13.7. The Labute approximate surface area is 104 Å². The molecule has 0 radical (unpaired) electrons.